The Morgan fingerprint density at radius 2 is 1.90 bits per heavy atom. The minimum absolute atomic E-state index is 0.222. The highest BCUT2D eigenvalue weighted by molar-refractivity contribution is 5.36. The van der Waals surface area contributed by atoms with Crippen molar-refractivity contribution in [1.82, 2.24) is 9.97 Å². The fourth-order valence-corrected chi connectivity index (χ4v) is 1.77. The highest BCUT2D eigenvalue weighted by Gasteiger charge is 2.19. The number of rotatable bonds is 5. The predicted octanol–water partition coefficient (Wildman–Crippen LogP) is 1.58. The minimum atomic E-state index is -0.960. The number of aliphatic hydroxyl groups excluding tert-OH is 1. The average Bonchev–Trinajstić information content (AvgIpc) is 2.53. The standard InChI is InChI=1S/C14H16N2O4/c1-18-10-6-4-5-9(7-10)13(17)12-14(20-3)16-11(19-2)8-15-12/h4-8,13,17H,1-3H3. The SMILES string of the molecule is COc1cccc(C(O)c2ncc(OC)nc2OC)c1. The van der Waals surface area contributed by atoms with Crippen LogP contribution in [0.3, 0.4) is 0 Å². The zero-order valence-electron chi connectivity index (χ0n) is 11.5. The molecular weight excluding hydrogens is 260 g/mol. The van der Waals surface area contributed by atoms with Gasteiger partial charge in [-0.25, -0.2) is 4.98 Å². The third-order valence-corrected chi connectivity index (χ3v) is 2.82. The van der Waals surface area contributed by atoms with Gasteiger partial charge in [0.25, 0.3) is 0 Å². The Morgan fingerprint density at radius 1 is 1.10 bits per heavy atom. The van der Waals surface area contributed by atoms with Gasteiger partial charge in [-0.3, -0.25) is 0 Å². The number of methoxy groups -OCH3 is 3. The molecule has 1 aromatic carbocycles. The summed E-state index contributed by atoms with van der Waals surface area (Å²) in [5, 5.41) is 10.4. The molecule has 6 heteroatoms. The molecule has 0 aliphatic rings. The molecule has 0 amide bonds. The smallest absolute Gasteiger partial charge is 0.241 e. The van der Waals surface area contributed by atoms with E-state index >= 15 is 0 Å². The summed E-state index contributed by atoms with van der Waals surface area (Å²) in [6, 6.07) is 7.10. The van der Waals surface area contributed by atoms with Gasteiger partial charge in [0, 0.05) is 0 Å². The maximum atomic E-state index is 10.4. The van der Waals surface area contributed by atoms with Crippen molar-refractivity contribution < 1.29 is 19.3 Å². The normalized spacial score (nSPS) is 11.8. The second kappa shape index (κ2) is 6.21. The maximum absolute atomic E-state index is 10.4. The number of hydrogen-bond acceptors (Lipinski definition) is 6. The Balaban J connectivity index is 2.39. The molecule has 2 aromatic rings. The van der Waals surface area contributed by atoms with Crippen molar-refractivity contribution in [3.63, 3.8) is 0 Å². The van der Waals surface area contributed by atoms with Crippen LogP contribution in [-0.2, 0) is 0 Å². The van der Waals surface area contributed by atoms with Crippen molar-refractivity contribution in [3.05, 3.63) is 41.7 Å². The fraction of sp³-hybridized carbons (Fsp3) is 0.286. The Kier molecular flexibility index (Phi) is 4.37. The number of aliphatic hydroxyl groups is 1. The van der Waals surface area contributed by atoms with E-state index in [1.807, 2.05) is 0 Å². The summed E-state index contributed by atoms with van der Waals surface area (Å²) >= 11 is 0. The number of ether oxygens (including phenoxy) is 3. The van der Waals surface area contributed by atoms with Gasteiger partial charge in [0.05, 0.1) is 27.5 Å². The molecule has 0 fully saturated rings. The molecule has 0 aliphatic heterocycles. The van der Waals surface area contributed by atoms with Crippen molar-refractivity contribution in [2.75, 3.05) is 21.3 Å². The van der Waals surface area contributed by atoms with Gasteiger partial charge in [-0.05, 0) is 17.7 Å². The van der Waals surface area contributed by atoms with E-state index in [2.05, 4.69) is 9.97 Å². The van der Waals surface area contributed by atoms with Crippen LogP contribution in [0.2, 0.25) is 0 Å². The largest absolute Gasteiger partial charge is 0.497 e. The number of nitrogens with zero attached hydrogens (tertiary/aromatic N) is 2. The highest BCUT2D eigenvalue weighted by atomic mass is 16.5. The van der Waals surface area contributed by atoms with Crippen LogP contribution in [0.15, 0.2) is 30.5 Å². The van der Waals surface area contributed by atoms with Gasteiger partial charge in [0.1, 0.15) is 17.5 Å². The minimum Gasteiger partial charge on any atom is -0.497 e. The second-order valence-electron chi connectivity index (χ2n) is 3.99. The lowest BCUT2D eigenvalue weighted by molar-refractivity contribution is 0.206. The third-order valence-electron chi connectivity index (χ3n) is 2.82. The van der Waals surface area contributed by atoms with Gasteiger partial charge < -0.3 is 19.3 Å². The lowest BCUT2D eigenvalue weighted by Gasteiger charge is -2.14. The predicted molar refractivity (Wildman–Crippen MR) is 72.2 cm³/mol. The van der Waals surface area contributed by atoms with Gasteiger partial charge in [-0.15, -0.1) is 0 Å². The molecule has 0 aliphatic carbocycles. The molecule has 1 aromatic heterocycles. The molecule has 1 N–H and O–H groups in total. The number of hydrogen-bond donors (Lipinski definition) is 1. The van der Waals surface area contributed by atoms with E-state index in [9.17, 15) is 5.11 Å². The van der Waals surface area contributed by atoms with Crippen LogP contribution in [-0.4, -0.2) is 36.4 Å². The van der Waals surface area contributed by atoms with E-state index in [4.69, 9.17) is 14.2 Å². The first-order valence-corrected chi connectivity index (χ1v) is 5.96. The number of benzene rings is 1. The molecule has 20 heavy (non-hydrogen) atoms. The van der Waals surface area contributed by atoms with Crippen LogP contribution in [0.4, 0.5) is 0 Å². The highest BCUT2D eigenvalue weighted by Crippen LogP contribution is 2.29. The summed E-state index contributed by atoms with van der Waals surface area (Å²) in [5.74, 6) is 1.20. The summed E-state index contributed by atoms with van der Waals surface area (Å²) in [6.45, 7) is 0. The van der Waals surface area contributed by atoms with Gasteiger partial charge in [-0.1, -0.05) is 12.1 Å². The molecular formula is C14H16N2O4. The molecule has 2 rings (SSSR count). The van der Waals surface area contributed by atoms with Crippen LogP contribution < -0.4 is 14.2 Å². The molecule has 1 atom stereocenters. The molecule has 1 unspecified atom stereocenters. The molecule has 106 valence electrons. The maximum Gasteiger partial charge on any atom is 0.241 e. The lowest BCUT2D eigenvalue weighted by Crippen LogP contribution is -2.07. The lowest BCUT2D eigenvalue weighted by atomic mass is 10.1. The van der Waals surface area contributed by atoms with Gasteiger partial charge in [0.15, 0.2) is 0 Å². The first kappa shape index (κ1) is 14.1. The first-order valence-electron chi connectivity index (χ1n) is 5.96. The first-order chi connectivity index (χ1) is 9.69. The molecule has 0 radical (unpaired) electrons. The second-order valence-corrected chi connectivity index (χ2v) is 3.99. The molecule has 6 nitrogen and oxygen atoms in total. The third kappa shape index (κ3) is 2.80. The monoisotopic (exact) mass is 276 g/mol. The van der Waals surface area contributed by atoms with Crippen molar-refractivity contribution in [2.24, 2.45) is 0 Å². The van der Waals surface area contributed by atoms with E-state index < -0.39 is 6.10 Å². The van der Waals surface area contributed by atoms with E-state index in [0.717, 1.165) is 0 Å². The van der Waals surface area contributed by atoms with Crippen molar-refractivity contribution in [1.29, 1.82) is 0 Å². The molecule has 0 bridgehead atoms. The van der Waals surface area contributed by atoms with Gasteiger partial charge in [-0.2, -0.15) is 4.98 Å². The summed E-state index contributed by atoms with van der Waals surface area (Å²) in [6.07, 6.45) is 0.472. The van der Waals surface area contributed by atoms with E-state index in [0.29, 0.717) is 22.9 Å². The van der Waals surface area contributed by atoms with E-state index in [1.54, 1.807) is 31.4 Å². The Morgan fingerprint density at radius 3 is 2.55 bits per heavy atom. The summed E-state index contributed by atoms with van der Waals surface area (Å²) in [7, 11) is 4.52. The van der Waals surface area contributed by atoms with Crippen molar-refractivity contribution >= 4 is 0 Å². The van der Waals surface area contributed by atoms with Crippen LogP contribution in [0.5, 0.6) is 17.5 Å². The van der Waals surface area contributed by atoms with Crippen molar-refractivity contribution in [3.8, 4) is 17.5 Å². The van der Waals surface area contributed by atoms with E-state index in [-0.39, 0.29) is 5.88 Å². The summed E-state index contributed by atoms with van der Waals surface area (Å²) < 4.78 is 15.3. The van der Waals surface area contributed by atoms with Gasteiger partial charge in [0.2, 0.25) is 11.8 Å². The zero-order valence-corrected chi connectivity index (χ0v) is 11.5. The van der Waals surface area contributed by atoms with Crippen LogP contribution in [0, 0.1) is 0 Å². The van der Waals surface area contributed by atoms with E-state index in [1.165, 1.54) is 20.4 Å². The topological polar surface area (TPSA) is 73.7 Å². The summed E-state index contributed by atoms with van der Waals surface area (Å²) in [5.41, 5.74) is 0.962. The molecule has 0 saturated carbocycles. The Labute approximate surface area is 117 Å². The van der Waals surface area contributed by atoms with Crippen molar-refractivity contribution in [2.45, 2.75) is 6.10 Å². The zero-order chi connectivity index (χ0) is 14.5. The Bertz CT molecular complexity index is 589. The average molecular weight is 276 g/mol. The van der Waals surface area contributed by atoms with Crippen LogP contribution >= 0.6 is 0 Å². The van der Waals surface area contributed by atoms with Gasteiger partial charge >= 0.3 is 0 Å². The number of aromatic nitrogens is 2. The van der Waals surface area contributed by atoms with Crippen LogP contribution in [0.25, 0.3) is 0 Å². The Hall–Kier alpha value is -2.34. The quantitative estimate of drug-likeness (QED) is 0.894. The molecule has 0 saturated heterocycles. The molecule has 0 spiro atoms. The molecule has 1 heterocycles. The fourth-order valence-electron chi connectivity index (χ4n) is 1.77. The van der Waals surface area contributed by atoms with Crippen LogP contribution in [0.1, 0.15) is 17.4 Å². The summed E-state index contributed by atoms with van der Waals surface area (Å²) in [4.78, 5) is 8.25.